The Kier molecular flexibility index (Phi) is 51.8. The van der Waals surface area contributed by atoms with Crippen LogP contribution in [0.15, 0.2) is 303 Å². The second-order valence-corrected chi connectivity index (χ2v) is 36.6. The van der Waals surface area contributed by atoms with Gasteiger partial charge in [0.1, 0.15) is 29.3 Å². The van der Waals surface area contributed by atoms with Crippen LogP contribution in [0.1, 0.15) is 81.8 Å². The Morgan fingerprint density at radius 2 is 0.874 bits per heavy atom. The van der Waals surface area contributed by atoms with Crippen molar-refractivity contribution in [2.24, 2.45) is 5.73 Å². The zero-order valence-electron chi connectivity index (χ0n) is 62.2. The zero-order chi connectivity index (χ0) is 79.1. The van der Waals surface area contributed by atoms with E-state index in [-0.39, 0.29) is 42.9 Å². The van der Waals surface area contributed by atoms with Crippen molar-refractivity contribution in [3.05, 3.63) is 373 Å². The third-order valence-corrected chi connectivity index (χ3v) is 27.5. The van der Waals surface area contributed by atoms with E-state index in [2.05, 4.69) is 197 Å². The van der Waals surface area contributed by atoms with Crippen molar-refractivity contribution in [2.75, 3.05) is 46.4 Å². The van der Waals surface area contributed by atoms with Gasteiger partial charge in [-0.15, -0.1) is 21.0 Å². The van der Waals surface area contributed by atoms with Gasteiger partial charge in [-0.2, -0.15) is 41.9 Å². The number of aliphatic hydroxyl groups is 2. The number of ether oxygens (including phenoxy) is 2. The molecule has 0 aliphatic carbocycles. The Morgan fingerprint density at radius 1 is 0.514 bits per heavy atom. The minimum absolute atomic E-state index is 0. The maximum absolute atomic E-state index is 10.2. The first-order valence-corrected chi connectivity index (χ1v) is 44.9. The average molecular weight is 1990 g/mol. The number of nitrogens with two attached hydrogens (primary N) is 1. The molecule has 111 heavy (non-hydrogen) atoms. The van der Waals surface area contributed by atoms with E-state index >= 15 is 0 Å². The molecule has 1 saturated heterocycles. The molecule has 13 rings (SSSR count). The topological polar surface area (TPSA) is 184 Å². The monoisotopic (exact) mass is 1980 g/mol. The van der Waals surface area contributed by atoms with Gasteiger partial charge in [-0.1, -0.05) is 100 Å². The summed E-state index contributed by atoms with van der Waals surface area (Å²) in [6.07, 6.45) is 14.4. The summed E-state index contributed by atoms with van der Waals surface area (Å²) in [4.78, 5) is 40.5. The van der Waals surface area contributed by atoms with E-state index in [1.54, 1.807) is 80.6 Å². The first kappa shape index (κ1) is 100. The summed E-state index contributed by atoms with van der Waals surface area (Å²) in [6.45, 7) is 6.92. The van der Waals surface area contributed by atoms with Gasteiger partial charge in [-0.25, -0.2) is 24.9 Å². The van der Waals surface area contributed by atoms with Crippen LogP contribution in [0.5, 0.6) is 0 Å². The van der Waals surface area contributed by atoms with Gasteiger partial charge in [-0.3, -0.25) is 4.79 Å². The average Bonchev–Trinajstić information content (AvgIpc) is 0.725. The fraction of sp³-hybridized carbons (Fsp3) is 0.188. The Hall–Kier alpha value is -4.80. The van der Waals surface area contributed by atoms with Crippen LogP contribution in [0.4, 0.5) is 0 Å². The van der Waals surface area contributed by atoms with Crippen molar-refractivity contribution in [3.63, 3.8) is 0 Å². The SMILES string of the molecule is C1CCOC1.COCCP(Cl)(c1ccccc1)(c1ccccc1)c1ccccc1.CPC.Cl.Clc1c[c-]ccc1.NC(Cc1cccnc1Br)c1cccc(Cl)c1.O=CCc1cccnc1Br.O=Cc1cccnc1Br.OC(Cc1cccnc1Br)c1cccc(Cl)c1.OC(Cc1cccnc1Br)c1cccc(Cl)c1.[H-].[Mg+2]. The number of pyridine rings is 5. The number of aromatic nitrogens is 5. The second-order valence-electron chi connectivity index (χ2n) is 23.5. The van der Waals surface area contributed by atoms with Crippen LogP contribution in [0.2, 0.25) is 20.1 Å². The van der Waals surface area contributed by atoms with Crippen LogP contribution in [-0.4, -0.2) is 117 Å². The number of hydrogen-bond acceptors (Lipinski definition) is 12. The molecule has 3 atom stereocenters. The first-order chi connectivity index (χ1) is 52.7. The molecule has 7 aromatic carbocycles. The summed E-state index contributed by atoms with van der Waals surface area (Å²) >= 11 is 47.5. The van der Waals surface area contributed by atoms with Gasteiger partial charge in [0.2, 0.25) is 0 Å². The van der Waals surface area contributed by atoms with Crippen molar-refractivity contribution in [2.45, 2.75) is 56.8 Å². The number of methoxy groups -OCH3 is 1. The number of aldehydes is 2. The van der Waals surface area contributed by atoms with Crippen molar-refractivity contribution >= 4 is 216 Å². The van der Waals surface area contributed by atoms with Gasteiger partial charge in [-0.05, 0) is 224 Å². The van der Waals surface area contributed by atoms with Gasteiger partial charge in [0.05, 0.1) is 12.2 Å². The predicted molar refractivity (Wildman–Crippen MR) is 490 cm³/mol. The number of rotatable bonds is 18. The molecular formula is C85H87Br5Cl6MgN6O6P2. The van der Waals surface area contributed by atoms with Gasteiger partial charge in [0, 0.05) is 90.1 Å². The molecule has 1 fully saturated rings. The molecule has 1 aliphatic heterocycles. The maximum atomic E-state index is 10.2. The van der Waals surface area contributed by atoms with Crippen LogP contribution < -0.4 is 21.6 Å². The number of hydrogen-bond donors (Lipinski definition) is 3. The van der Waals surface area contributed by atoms with E-state index in [1.807, 2.05) is 133 Å². The summed E-state index contributed by atoms with van der Waals surface area (Å²) in [7, 11) is 2.82. The minimum atomic E-state index is -3.11. The van der Waals surface area contributed by atoms with Crippen molar-refractivity contribution < 1.29 is 30.7 Å². The van der Waals surface area contributed by atoms with Crippen molar-refractivity contribution in [1.82, 2.24) is 24.9 Å². The second kappa shape index (κ2) is 57.3. The molecule has 26 heteroatoms. The quantitative estimate of drug-likeness (QED) is 0.0243. The normalized spacial score (nSPS) is 11.9. The van der Waals surface area contributed by atoms with Gasteiger partial charge < -0.3 is 26.9 Å². The van der Waals surface area contributed by atoms with E-state index in [1.165, 1.54) is 28.8 Å². The number of aliphatic hydroxyl groups excluding tert-OH is 2. The standard InChI is InChI=1S/C21H22ClOP.C13H12BrClN2.2C13H11BrClNO.C7H6BrNO.C6H4BrNO.C6H4Cl.C4H8O.C2H7P.ClH.Mg.H/c1-23-17-18-24(22,19-11-5-2-6-12-19,20-13-7-3-8-14-20)21-15-9-4-10-16-21;14-13-10(4-2-6-17-13)8-12(16)9-3-1-5-11(15)7-9;2*14-13-10(4-2-6-16-13)8-12(17)9-3-1-5-11(15)7-9;8-7-6(3-5-10)2-1-4-9-7;7-6-5(4-9)2-1-3-8-6;7-6-4-2-1-3-5-6;1-2-4-5-3-1;1-3-2;;;/h2-16H,17-18H2,1H3;1-7,12H,8,16H2;2*1-7,12,17H,8H2;1-2,4-5H,3H2;1-4H;1-2,4-5H;1-4H2;3H,1-2H3;1H;;/q;;;;;;-1;;;;+2;-1. The summed E-state index contributed by atoms with van der Waals surface area (Å²) < 4.78 is 14.1. The largest absolute Gasteiger partial charge is 2.00 e. The van der Waals surface area contributed by atoms with Gasteiger partial charge in [0.15, 0.2) is 6.29 Å². The minimum Gasteiger partial charge on any atom is -1.00 e. The van der Waals surface area contributed by atoms with E-state index in [0.717, 1.165) is 109 Å². The summed E-state index contributed by atoms with van der Waals surface area (Å²) in [5, 5.41) is 26.5. The molecule has 0 spiro atoms. The molecule has 6 heterocycles. The molecule has 0 bridgehead atoms. The Labute approximate surface area is 745 Å². The fourth-order valence-electron chi connectivity index (χ4n) is 10.2. The predicted octanol–water partition coefficient (Wildman–Crippen LogP) is 22.9. The number of carbonyl (C=O) groups is 2. The Bertz CT molecular complexity index is 4260. The molecule has 12 aromatic rings. The van der Waals surface area contributed by atoms with Crippen LogP contribution in [0.3, 0.4) is 0 Å². The van der Waals surface area contributed by atoms with Gasteiger partial charge in [0.25, 0.3) is 0 Å². The summed E-state index contributed by atoms with van der Waals surface area (Å²) in [5.74, 6) is -3.11. The first-order valence-electron chi connectivity index (χ1n) is 34.1. The van der Waals surface area contributed by atoms with Gasteiger partial charge >= 0.3 is 172 Å². The molecule has 12 nitrogen and oxygen atoms in total. The number of halogens is 11. The van der Waals surface area contributed by atoms with Crippen molar-refractivity contribution in [1.29, 1.82) is 0 Å². The van der Waals surface area contributed by atoms with Crippen LogP contribution in [-0.2, 0) is 40.0 Å². The molecule has 1 aliphatic rings. The Morgan fingerprint density at radius 3 is 1.18 bits per heavy atom. The molecule has 0 amide bonds. The molecule has 5 aromatic heterocycles. The van der Waals surface area contributed by atoms with Crippen LogP contribution >= 0.6 is 164 Å². The van der Waals surface area contributed by atoms with E-state index in [0.29, 0.717) is 51.1 Å². The summed E-state index contributed by atoms with van der Waals surface area (Å²) in [5.41, 5.74) is 13.4. The maximum Gasteiger partial charge on any atom is 2.00 e. The fourth-order valence-corrected chi connectivity index (χ4v) is 18.8. The molecule has 582 valence electrons. The smallest absolute Gasteiger partial charge is 1.00 e. The van der Waals surface area contributed by atoms with E-state index in [9.17, 15) is 19.8 Å². The molecule has 3 unspecified atom stereocenters. The van der Waals surface area contributed by atoms with E-state index < -0.39 is 18.2 Å². The third kappa shape index (κ3) is 36.1. The number of nitrogens with zero attached hydrogens (tertiary/aromatic N) is 5. The summed E-state index contributed by atoms with van der Waals surface area (Å²) in [6, 6.07) is 82.1. The molecule has 0 saturated carbocycles. The molecule has 4 N–H and O–H groups in total. The number of carbonyl (C=O) groups excluding carboxylic acids is 2. The zero-order valence-corrected chi connectivity index (χ0v) is 77.0. The van der Waals surface area contributed by atoms with Crippen LogP contribution in [0, 0.1) is 6.07 Å². The van der Waals surface area contributed by atoms with Crippen LogP contribution in [0.25, 0.3) is 0 Å². The Balaban J connectivity index is 0.000000445. The molecule has 0 radical (unpaired) electrons. The van der Waals surface area contributed by atoms with E-state index in [4.69, 9.17) is 72.9 Å². The third-order valence-electron chi connectivity index (χ3n) is 15.7. The molecular weight excluding hydrogens is 1900 g/mol. The number of benzene rings is 7. The van der Waals surface area contributed by atoms with Crippen molar-refractivity contribution in [3.8, 4) is 0 Å².